The molecule has 7 heteroatoms. The molecule has 0 fully saturated rings. The smallest absolute Gasteiger partial charge is 0.255 e. The van der Waals surface area contributed by atoms with E-state index in [4.69, 9.17) is 16.6 Å². The number of carbonyl (C=O) groups is 2. The van der Waals surface area contributed by atoms with Gasteiger partial charge in [-0.05, 0) is 67.2 Å². The Bertz CT molecular complexity index is 1060. The Balaban J connectivity index is 1.58. The van der Waals surface area contributed by atoms with Gasteiger partial charge < -0.3 is 15.1 Å². The normalized spacial score (nSPS) is 10.5. The van der Waals surface area contributed by atoms with E-state index in [1.807, 2.05) is 25.1 Å². The van der Waals surface area contributed by atoms with Crippen LogP contribution in [-0.2, 0) is 4.79 Å². The first-order chi connectivity index (χ1) is 14.0. The van der Waals surface area contributed by atoms with Gasteiger partial charge in [-0.25, -0.2) is 0 Å². The van der Waals surface area contributed by atoms with E-state index in [2.05, 4.69) is 16.0 Å². The zero-order valence-corrected chi connectivity index (χ0v) is 16.5. The molecule has 0 saturated heterocycles. The molecule has 0 unspecified atom stereocenters. The molecule has 0 saturated carbocycles. The molecule has 0 aliphatic rings. The predicted octanol–water partition coefficient (Wildman–Crippen LogP) is 4.37. The van der Waals surface area contributed by atoms with Crippen molar-refractivity contribution in [1.29, 1.82) is 0 Å². The van der Waals surface area contributed by atoms with Crippen LogP contribution in [0.5, 0.6) is 0 Å². The van der Waals surface area contributed by atoms with E-state index in [9.17, 15) is 9.59 Å². The van der Waals surface area contributed by atoms with Crippen LogP contribution in [0.4, 0.5) is 11.4 Å². The quantitative estimate of drug-likeness (QED) is 0.434. The highest BCUT2D eigenvalue weighted by Crippen LogP contribution is 2.17. The summed E-state index contributed by atoms with van der Waals surface area (Å²) in [7, 11) is 0. The molecule has 0 aliphatic carbocycles. The number of rotatable bonds is 5. The predicted molar refractivity (Wildman–Crippen MR) is 118 cm³/mol. The summed E-state index contributed by atoms with van der Waals surface area (Å²) in [5, 5.41) is 8.47. The molecule has 0 spiro atoms. The minimum atomic E-state index is -0.386. The maximum Gasteiger partial charge on any atom is 0.255 e. The number of benzene rings is 2. The van der Waals surface area contributed by atoms with E-state index in [1.165, 1.54) is 12.3 Å². The van der Waals surface area contributed by atoms with Gasteiger partial charge in [0, 0.05) is 23.0 Å². The fourth-order valence-corrected chi connectivity index (χ4v) is 2.78. The van der Waals surface area contributed by atoms with E-state index in [1.54, 1.807) is 48.5 Å². The summed E-state index contributed by atoms with van der Waals surface area (Å²) in [5.74, 6) is -0.0155. The summed E-state index contributed by atoms with van der Waals surface area (Å²) in [6.07, 6.45) is 4.39. The van der Waals surface area contributed by atoms with Gasteiger partial charge in [0.2, 0.25) is 5.91 Å². The van der Waals surface area contributed by atoms with Crippen LogP contribution in [0.2, 0.25) is 0 Å². The lowest BCUT2D eigenvalue weighted by Crippen LogP contribution is -2.32. The third-order valence-corrected chi connectivity index (χ3v) is 4.15. The molecule has 1 heterocycles. The fraction of sp³-hybridized carbons (Fsp3) is 0.0455. The number of amides is 2. The van der Waals surface area contributed by atoms with Gasteiger partial charge in [0.25, 0.3) is 5.91 Å². The summed E-state index contributed by atoms with van der Waals surface area (Å²) < 4.78 is 5.12. The molecule has 6 nitrogen and oxygen atoms in total. The van der Waals surface area contributed by atoms with Crippen molar-refractivity contribution in [2.75, 3.05) is 10.6 Å². The van der Waals surface area contributed by atoms with Gasteiger partial charge in [0.1, 0.15) is 5.76 Å². The molecule has 2 amide bonds. The van der Waals surface area contributed by atoms with Gasteiger partial charge >= 0.3 is 0 Å². The largest absolute Gasteiger partial charge is 0.465 e. The first-order valence-electron chi connectivity index (χ1n) is 8.82. The molecular formula is C22H19N3O3S. The lowest BCUT2D eigenvalue weighted by atomic mass is 10.1. The Labute approximate surface area is 173 Å². The fourth-order valence-electron chi connectivity index (χ4n) is 2.56. The average molecular weight is 405 g/mol. The monoisotopic (exact) mass is 405 g/mol. The summed E-state index contributed by atoms with van der Waals surface area (Å²) in [4.78, 5) is 24.4. The van der Waals surface area contributed by atoms with Gasteiger partial charge in [-0.3, -0.25) is 14.9 Å². The van der Waals surface area contributed by atoms with Crippen LogP contribution in [0.25, 0.3) is 6.08 Å². The number of carbonyl (C=O) groups excluding carboxylic acids is 2. The lowest BCUT2D eigenvalue weighted by Gasteiger charge is -2.11. The Morgan fingerprint density at radius 3 is 2.45 bits per heavy atom. The minimum Gasteiger partial charge on any atom is -0.465 e. The van der Waals surface area contributed by atoms with Crippen molar-refractivity contribution in [3.05, 3.63) is 89.9 Å². The first-order valence-corrected chi connectivity index (χ1v) is 9.23. The van der Waals surface area contributed by atoms with E-state index in [0.29, 0.717) is 22.7 Å². The van der Waals surface area contributed by atoms with Crippen LogP contribution >= 0.6 is 12.2 Å². The van der Waals surface area contributed by atoms with Gasteiger partial charge in [-0.1, -0.05) is 24.3 Å². The molecule has 1 aromatic heterocycles. The van der Waals surface area contributed by atoms with Crippen LogP contribution in [0.1, 0.15) is 21.7 Å². The number of furan rings is 1. The number of anilines is 2. The van der Waals surface area contributed by atoms with Crippen LogP contribution in [0, 0.1) is 6.92 Å². The van der Waals surface area contributed by atoms with E-state index in [-0.39, 0.29) is 16.9 Å². The van der Waals surface area contributed by atoms with Gasteiger partial charge in [-0.2, -0.15) is 0 Å². The van der Waals surface area contributed by atoms with Crippen molar-refractivity contribution in [3.8, 4) is 0 Å². The number of thiocarbonyl (C=S) groups is 1. The third-order valence-electron chi connectivity index (χ3n) is 3.95. The van der Waals surface area contributed by atoms with Crippen LogP contribution in [0.3, 0.4) is 0 Å². The van der Waals surface area contributed by atoms with Crippen LogP contribution in [0.15, 0.2) is 77.4 Å². The van der Waals surface area contributed by atoms with Crippen molar-refractivity contribution in [1.82, 2.24) is 5.32 Å². The molecular weight excluding hydrogens is 386 g/mol. The molecule has 0 bridgehead atoms. The first kappa shape index (κ1) is 20.0. The SMILES string of the molecule is Cc1ccccc1C(=O)Nc1cccc(NC(=S)NC(=O)/C=C/c2ccco2)c1. The third kappa shape index (κ3) is 5.88. The summed E-state index contributed by atoms with van der Waals surface area (Å²) in [6, 6.07) is 17.9. The molecule has 3 N–H and O–H groups in total. The van der Waals surface area contributed by atoms with E-state index < -0.39 is 0 Å². The highest BCUT2D eigenvalue weighted by Gasteiger charge is 2.09. The second kappa shape index (κ2) is 9.48. The molecule has 3 rings (SSSR count). The standard InChI is InChI=1S/C22H19N3O3S/c1-15-6-2-3-10-19(15)21(27)23-16-7-4-8-17(14-16)24-22(29)25-20(26)12-11-18-9-5-13-28-18/h2-14H,1H3,(H,23,27)(H2,24,25,26,29)/b12-11+. The number of hydrogen-bond acceptors (Lipinski definition) is 4. The Kier molecular flexibility index (Phi) is 6.55. The molecule has 29 heavy (non-hydrogen) atoms. The summed E-state index contributed by atoms with van der Waals surface area (Å²) in [6.45, 7) is 1.88. The van der Waals surface area contributed by atoms with Crippen molar-refractivity contribution in [3.63, 3.8) is 0 Å². The number of hydrogen-bond donors (Lipinski definition) is 3. The molecule has 3 aromatic rings. The minimum absolute atomic E-state index is 0.140. The van der Waals surface area contributed by atoms with Crippen LogP contribution < -0.4 is 16.0 Å². The lowest BCUT2D eigenvalue weighted by molar-refractivity contribution is -0.115. The highest BCUT2D eigenvalue weighted by molar-refractivity contribution is 7.80. The second-order valence-corrected chi connectivity index (χ2v) is 6.55. The zero-order valence-electron chi connectivity index (χ0n) is 15.6. The van der Waals surface area contributed by atoms with Crippen molar-refractivity contribution >= 4 is 46.6 Å². The maximum absolute atomic E-state index is 12.5. The molecule has 0 aliphatic heterocycles. The van der Waals surface area contributed by atoms with E-state index in [0.717, 1.165) is 5.56 Å². The van der Waals surface area contributed by atoms with Crippen molar-refractivity contribution < 1.29 is 14.0 Å². The Morgan fingerprint density at radius 1 is 0.966 bits per heavy atom. The summed E-state index contributed by atoms with van der Waals surface area (Å²) in [5.41, 5.74) is 2.74. The summed E-state index contributed by atoms with van der Waals surface area (Å²) >= 11 is 5.16. The average Bonchev–Trinajstić information content (AvgIpc) is 3.20. The van der Waals surface area contributed by atoms with Gasteiger partial charge in [-0.15, -0.1) is 0 Å². The molecule has 0 radical (unpaired) electrons. The molecule has 0 atom stereocenters. The highest BCUT2D eigenvalue weighted by atomic mass is 32.1. The van der Waals surface area contributed by atoms with Gasteiger partial charge in [0.05, 0.1) is 6.26 Å². The second-order valence-electron chi connectivity index (χ2n) is 6.14. The Hall–Kier alpha value is -3.71. The van der Waals surface area contributed by atoms with Gasteiger partial charge in [0.15, 0.2) is 5.11 Å². The number of nitrogens with one attached hydrogen (secondary N) is 3. The zero-order chi connectivity index (χ0) is 20.6. The maximum atomic E-state index is 12.5. The van der Waals surface area contributed by atoms with Crippen molar-refractivity contribution in [2.45, 2.75) is 6.92 Å². The Morgan fingerprint density at radius 2 is 1.72 bits per heavy atom. The molecule has 146 valence electrons. The molecule has 2 aromatic carbocycles. The topological polar surface area (TPSA) is 83.4 Å². The number of aryl methyl sites for hydroxylation is 1. The van der Waals surface area contributed by atoms with E-state index >= 15 is 0 Å². The van der Waals surface area contributed by atoms with Crippen molar-refractivity contribution in [2.24, 2.45) is 0 Å². The van der Waals surface area contributed by atoms with Crippen LogP contribution in [-0.4, -0.2) is 16.9 Å².